The molecule has 1 aliphatic heterocycles. The SMILES string of the molecule is O=C(CCn1c(CO)nc2ccccc21)NC1CCCN(CCc2ccccc2)C1. The Morgan fingerprint density at radius 1 is 1.10 bits per heavy atom. The third kappa shape index (κ3) is 5.07. The monoisotopic (exact) mass is 406 g/mol. The van der Waals surface area contributed by atoms with Gasteiger partial charge in [-0.15, -0.1) is 0 Å². The van der Waals surface area contributed by atoms with Crippen molar-refractivity contribution in [3.63, 3.8) is 0 Å². The van der Waals surface area contributed by atoms with Crippen molar-refractivity contribution in [1.82, 2.24) is 19.8 Å². The van der Waals surface area contributed by atoms with E-state index in [1.54, 1.807) is 0 Å². The second-order valence-electron chi connectivity index (χ2n) is 8.02. The van der Waals surface area contributed by atoms with Gasteiger partial charge in [0.15, 0.2) is 0 Å². The van der Waals surface area contributed by atoms with Crippen LogP contribution in [0.25, 0.3) is 11.0 Å². The van der Waals surface area contributed by atoms with Crippen LogP contribution in [0.2, 0.25) is 0 Å². The molecule has 2 heterocycles. The highest BCUT2D eigenvalue weighted by Gasteiger charge is 2.21. The van der Waals surface area contributed by atoms with E-state index < -0.39 is 0 Å². The number of aliphatic hydroxyl groups excluding tert-OH is 1. The van der Waals surface area contributed by atoms with Crippen LogP contribution in [0.15, 0.2) is 54.6 Å². The number of hydrogen-bond acceptors (Lipinski definition) is 4. The van der Waals surface area contributed by atoms with Crippen LogP contribution < -0.4 is 5.32 Å². The van der Waals surface area contributed by atoms with E-state index in [1.165, 1.54) is 5.56 Å². The minimum Gasteiger partial charge on any atom is -0.388 e. The second kappa shape index (κ2) is 9.87. The van der Waals surface area contributed by atoms with Crippen LogP contribution in [-0.2, 0) is 24.4 Å². The zero-order valence-electron chi connectivity index (χ0n) is 17.3. The number of benzene rings is 2. The Bertz CT molecular complexity index is 970. The topological polar surface area (TPSA) is 70.4 Å². The first-order valence-electron chi connectivity index (χ1n) is 10.8. The standard InChI is InChI=1S/C24H30N4O2/c29-18-23-26-21-10-4-5-11-22(21)28(23)16-13-24(30)25-20-9-6-14-27(17-20)15-12-19-7-2-1-3-8-19/h1-5,7-8,10-11,20,29H,6,9,12-18H2,(H,25,30). The fraction of sp³-hybridized carbons (Fsp3) is 0.417. The van der Waals surface area contributed by atoms with Gasteiger partial charge < -0.3 is 19.9 Å². The number of hydrogen-bond donors (Lipinski definition) is 2. The maximum absolute atomic E-state index is 12.6. The molecule has 0 bridgehead atoms. The van der Waals surface area contributed by atoms with E-state index >= 15 is 0 Å². The van der Waals surface area contributed by atoms with Crippen molar-refractivity contribution in [3.05, 3.63) is 66.0 Å². The lowest BCUT2D eigenvalue weighted by Gasteiger charge is -2.33. The number of fused-ring (bicyclic) bond motifs is 1. The van der Waals surface area contributed by atoms with Gasteiger partial charge in [0.1, 0.15) is 12.4 Å². The van der Waals surface area contributed by atoms with Gasteiger partial charge >= 0.3 is 0 Å². The van der Waals surface area contributed by atoms with Crippen molar-refractivity contribution in [2.45, 2.75) is 44.9 Å². The molecule has 1 aliphatic rings. The normalized spacial score (nSPS) is 17.3. The van der Waals surface area contributed by atoms with Crippen molar-refractivity contribution in [2.75, 3.05) is 19.6 Å². The van der Waals surface area contributed by atoms with Crippen molar-refractivity contribution in [3.8, 4) is 0 Å². The third-order valence-electron chi connectivity index (χ3n) is 5.87. The maximum Gasteiger partial charge on any atom is 0.222 e. The molecule has 1 aromatic heterocycles. The number of para-hydroxylation sites is 2. The zero-order valence-corrected chi connectivity index (χ0v) is 17.3. The van der Waals surface area contributed by atoms with Crippen molar-refractivity contribution in [2.24, 2.45) is 0 Å². The molecule has 3 aromatic rings. The number of piperidine rings is 1. The Morgan fingerprint density at radius 2 is 1.90 bits per heavy atom. The lowest BCUT2D eigenvalue weighted by atomic mass is 10.0. The number of rotatable bonds is 8. The van der Waals surface area contributed by atoms with E-state index in [0.29, 0.717) is 18.8 Å². The number of amides is 1. The van der Waals surface area contributed by atoms with Gasteiger partial charge in [-0.2, -0.15) is 0 Å². The van der Waals surface area contributed by atoms with E-state index in [9.17, 15) is 9.90 Å². The first-order valence-corrected chi connectivity index (χ1v) is 10.8. The highest BCUT2D eigenvalue weighted by molar-refractivity contribution is 5.78. The molecule has 0 radical (unpaired) electrons. The lowest BCUT2D eigenvalue weighted by molar-refractivity contribution is -0.122. The van der Waals surface area contributed by atoms with E-state index in [2.05, 4.69) is 39.5 Å². The number of likely N-dealkylation sites (tertiary alicyclic amines) is 1. The Hall–Kier alpha value is -2.70. The van der Waals surface area contributed by atoms with Crippen LogP contribution in [0.1, 0.15) is 30.7 Å². The number of nitrogens with one attached hydrogen (secondary N) is 1. The number of carbonyl (C=O) groups is 1. The van der Waals surface area contributed by atoms with Crippen LogP contribution in [0.4, 0.5) is 0 Å². The molecular weight excluding hydrogens is 376 g/mol. The van der Waals surface area contributed by atoms with Crippen molar-refractivity contribution >= 4 is 16.9 Å². The highest BCUT2D eigenvalue weighted by Crippen LogP contribution is 2.17. The first kappa shape index (κ1) is 20.6. The van der Waals surface area contributed by atoms with Gasteiger partial charge in [-0.25, -0.2) is 4.98 Å². The van der Waals surface area contributed by atoms with Gasteiger partial charge in [0.2, 0.25) is 5.91 Å². The number of imidazole rings is 1. The summed E-state index contributed by atoms with van der Waals surface area (Å²) in [5.74, 6) is 0.667. The molecule has 4 rings (SSSR count). The smallest absolute Gasteiger partial charge is 0.222 e. The summed E-state index contributed by atoms with van der Waals surface area (Å²) in [6.07, 6.45) is 3.57. The Balaban J connectivity index is 1.28. The minimum atomic E-state index is -0.130. The predicted molar refractivity (Wildman–Crippen MR) is 118 cm³/mol. The van der Waals surface area contributed by atoms with Crippen LogP contribution in [0.5, 0.6) is 0 Å². The molecule has 1 fully saturated rings. The molecule has 0 saturated carbocycles. The summed E-state index contributed by atoms with van der Waals surface area (Å²) in [5.41, 5.74) is 3.17. The Kier molecular flexibility index (Phi) is 6.77. The average molecular weight is 407 g/mol. The van der Waals surface area contributed by atoms with Crippen LogP contribution in [0, 0.1) is 0 Å². The van der Waals surface area contributed by atoms with Gasteiger partial charge in [-0.05, 0) is 43.5 Å². The van der Waals surface area contributed by atoms with E-state index in [4.69, 9.17) is 0 Å². The summed E-state index contributed by atoms with van der Waals surface area (Å²) < 4.78 is 1.95. The number of aromatic nitrogens is 2. The molecule has 1 saturated heterocycles. The molecule has 1 unspecified atom stereocenters. The van der Waals surface area contributed by atoms with Gasteiger partial charge in [-0.1, -0.05) is 42.5 Å². The number of aliphatic hydroxyl groups is 1. The van der Waals surface area contributed by atoms with Crippen LogP contribution >= 0.6 is 0 Å². The fourth-order valence-electron chi connectivity index (χ4n) is 4.32. The summed E-state index contributed by atoms with van der Waals surface area (Å²) >= 11 is 0. The summed E-state index contributed by atoms with van der Waals surface area (Å²) in [7, 11) is 0. The molecule has 0 aliphatic carbocycles. The van der Waals surface area contributed by atoms with E-state index in [1.807, 2.05) is 34.9 Å². The van der Waals surface area contributed by atoms with E-state index in [-0.39, 0.29) is 18.6 Å². The molecule has 0 spiro atoms. The molecule has 1 amide bonds. The van der Waals surface area contributed by atoms with E-state index in [0.717, 1.165) is 49.9 Å². The fourth-order valence-corrected chi connectivity index (χ4v) is 4.32. The minimum absolute atomic E-state index is 0.0616. The largest absolute Gasteiger partial charge is 0.388 e. The number of nitrogens with zero attached hydrogens (tertiary/aromatic N) is 3. The molecule has 30 heavy (non-hydrogen) atoms. The predicted octanol–water partition coefficient (Wildman–Crippen LogP) is 2.74. The van der Waals surface area contributed by atoms with Crippen molar-refractivity contribution < 1.29 is 9.90 Å². The molecule has 158 valence electrons. The molecule has 6 heteroatoms. The molecule has 2 N–H and O–H groups in total. The second-order valence-corrected chi connectivity index (χ2v) is 8.02. The summed E-state index contributed by atoms with van der Waals surface area (Å²) in [6.45, 7) is 3.42. The van der Waals surface area contributed by atoms with Crippen molar-refractivity contribution in [1.29, 1.82) is 0 Å². The number of carbonyl (C=O) groups excluding carboxylic acids is 1. The summed E-state index contributed by atoms with van der Waals surface area (Å²) in [6, 6.07) is 18.6. The molecule has 2 aromatic carbocycles. The third-order valence-corrected chi connectivity index (χ3v) is 5.87. The molecule has 6 nitrogen and oxygen atoms in total. The van der Waals surface area contributed by atoms with Gasteiger partial charge in [0.05, 0.1) is 11.0 Å². The summed E-state index contributed by atoms with van der Waals surface area (Å²) in [5, 5.41) is 12.8. The first-order chi connectivity index (χ1) is 14.7. The average Bonchev–Trinajstić information content (AvgIpc) is 3.15. The van der Waals surface area contributed by atoms with Gasteiger partial charge in [0.25, 0.3) is 0 Å². The maximum atomic E-state index is 12.6. The van der Waals surface area contributed by atoms with Gasteiger partial charge in [-0.3, -0.25) is 4.79 Å². The lowest BCUT2D eigenvalue weighted by Crippen LogP contribution is -2.48. The Morgan fingerprint density at radius 3 is 2.73 bits per heavy atom. The van der Waals surface area contributed by atoms with Gasteiger partial charge in [0, 0.05) is 32.1 Å². The quantitative estimate of drug-likeness (QED) is 0.604. The Labute approximate surface area is 177 Å². The highest BCUT2D eigenvalue weighted by atomic mass is 16.3. The molecular formula is C24H30N4O2. The number of aryl methyl sites for hydroxylation is 1. The summed E-state index contributed by atoms with van der Waals surface area (Å²) in [4.78, 5) is 19.5. The zero-order chi connectivity index (χ0) is 20.8. The molecule has 1 atom stereocenters. The van der Waals surface area contributed by atoms with Crippen LogP contribution in [-0.4, -0.2) is 51.1 Å². The van der Waals surface area contributed by atoms with Crippen LogP contribution in [0.3, 0.4) is 0 Å².